The number of aliphatic hydroxyl groups excluding tert-OH is 1. The Kier molecular flexibility index (Phi) is 3.16. The molecular weight excluding hydrogens is 260 g/mol. The number of aliphatic hydroxyl groups is 1. The van der Waals surface area contributed by atoms with E-state index in [-0.39, 0.29) is 5.17 Å². The molecule has 3 rings (SSSR count). The number of piperazine rings is 1. The van der Waals surface area contributed by atoms with E-state index in [4.69, 9.17) is 12.2 Å². The lowest BCUT2D eigenvalue weighted by atomic mass is 10.3. The zero-order chi connectivity index (χ0) is 13.2. The van der Waals surface area contributed by atoms with Crippen molar-refractivity contribution in [1.29, 1.82) is 0 Å². The Morgan fingerprint density at radius 1 is 1.00 bits per heavy atom. The number of nitrogens with zero attached hydrogens (tertiary/aromatic N) is 4. The first kappa shape index (κ1) is 12.1. The van der Waals surface area contributed by atoms with Crippen LogP contribution in [-0.2, 0) is 0 Å². The number of anilines is 1. The van der Waals surface area contributed by atoms with Gasteiger partial charge in [-0.05, 0) is 24.4 Å². The molecule has 2 aliphatic heterocycles. The van der Waals surface area contributed by atoms with Crippen molar-refractivity contribution in [2.24, 2.45) is 0 Å². The summed E-state index contributed by atoms with van der Waals surface area (Å²) in [6.07, 6.45) is 0. The number of aromatic nitrogens is 2. The van der Waals surface area contributed by atoms with E-state index in [1.165, 1.54) is 0 Å². The third-order valence-corrected chi connectivity index (χ3v) is 3.52. The van der Waals surface area contributed by atoms with Gasteiger partial charge in [-0.1, -0.05) is 18.2 Å². The van der Waals surface area contributed by atoms with Crippen LogP contribution >= 0.6 is 12.2 Å². The molecule has 1 aliphatic carbocycles. The predicted octanol–water partition coefficient (Wildman–Crippen LogP) is 1.55. The third-order valence-electron chi connectivity index (χ3n) is 3.27. The number of imidazole rings is 1. The maximum atomic E-state index is 9.28. The highest BCUT2D eigenvalue weighted by Gasteiger charge is 2.22. The highest BCUT2D eigenvalue weighted by atomic mass is 32.1. The average Bonchev–Trinajstić information content (AvgIpc) is 2.70. The first-order valence-electron chi connectivity index (χ1n) is 6.19. The normalized spacial score (nSPS) is 15.8. The number of hydrogen-bond donors (Lipinski definition) is 1. The molecule has 0 saturated carbocycles. The molecule has 0 unspecified atom stereocenters. The molecule has 0 aromatic rings. The summed E-state index contributed by atoms with van der Waals surface area (Å²) in [6, 6.07) is 9.81. The Morgan fingerprint density at radius 3 is 2.11 bits per heavy atom. The Bertz CT molecular complexity index is 538. The average molecular weight is 274 g/mol. The minimum atomic E-state index is -0.0275. The SMILES string of the molecule is OC(=S)N1CCN(c2nc3cccccc-3n2)CC1. The lowest BCUT2D eigenvalue weighted by molar-refractivity contribution is 0.324. The highest BCUT2D eigenvalue weighted by molar-refractivity contribution is 7.79. The molecule has 0 amide bonds. The standard InChI is InChI=1S/C13H14N4OS/c18-13(19)17-8-6-16(7-9-17)12-14-10-4-2-1-3-5-11(10)15-12/h1-5H,6-9H2,(H,18,19). The molecule has 98 valence electrons. The van der Waals surface area contributed by atoms with Gasteiger partial charge in [-0.3, -0.25) is 0 Å². The molecule has 0 bridgehead atoms. The van der Waals surface area contributed by atoms with Crippen molar-refractivity contribution in [2.45, 2.75) is 0 Å². The van der Waals surface area contributed by atoms with Crippen molar-refractivity contribution in [3.8, 4) is 11.4 Å². The largest absolute Gasteiger partial charge is 0.486 e. The molecular formula is C13H14N4OS. The second-order valence-corrected chi connectivity index (χ2v) is 4.83. The van der Waals surface area contributed by atoms with Crippen molar-refractivity contribution in [3.63, 3.8) is 0 Å². The first-order valence-corrected chi connectivity index (χ1v) is 6.60. The second-order valence-electron chi connectivity index (χ2n) is 4.46. The summed E-state index contributed by atoms with van der Waals surface area (Å²) in [4.78, 5) is 13.0. The molecule has 19 heavy (non-hydrogen) atoms. The van der Waals surface area contributed by atoms with E-state index in [1.807, 2.05) is 30.3 Å². The fourth-order valence-electron chi connectivity index (χ4n) is 2.20. The van der Waals surface area contributed by atoms with Gasteiger partial charge < -0.3 is 14.9 Å². The van der Waals surface area contributed by atoms with Crippen LogP contribution in [0.5, 0.6) is 0 Å². The molecule has 0 aromatic carbocycles. The van der Waals surface area contributed by atoms with Crippen LogP contribution in [0.4, 0.5) is 5.95 Å². The first-order chi connectivity index (χ1) is 9.24. The van der Waals surface area contributed by atoms with Gasteiger partial charge in [-0.15, -0.1) is 0 Å². The summed E-state index contributed by atoms with van der Waals surface area (Å²) in [6.45, 7) is 2.94. The Morgan fingerprint density at radius 2 is 1.58 bits per heavy atom. The fourth-order valence-corrected chi connectivity index (χ4v) is 2.38. The minimum Gasteiger partial charge on any atom is -0.486 e. The summed E-state index contributed by atoms with van der Waals surface area (Å²) in [5, 5.41) is 9.26. The lowest BCUT2D eigenvalue weighted by Crippen LogP contribution is -2.48. The molecule has 0 atom stereocenters. The minimum absolute atomic E-state index is 0.0275. The summed E-state index contributed by atoms with van der Waals surface area (Å²) in [5.74, 6) is 0.754. The van der Waals surface area contributed by atoms with E-state index in [0.29, 0.717) is 13.1 Å². The van der Waals surface area contributed by atoms with E-state index in [2.05, 4.69) is 14.9 Å². The summed E-state index contributed by atoms with van der Waals surface area (Å²) >= 11 is 4.77. The summed E-state index contributed by atoms with van der Waals surface area (Å²) < 4.78 is 0. The monoisotopic (exact) mass is 274 g/mol. The Labute approximate surface area is 116 Å². The fraction of sp³-hybridized carbons (Fsp3) is 0.308. The van der Waals surface area contributed by atoms with Gasteiger partial charge in [0.15, 0.2) is 0 Å². The van der Waals surface area contributed by atoms with Gasteiger partial charge >= 0.3 is 0 Å². The van der Waals surface area contributed by atoms with Crippen LogP contribution in [0, 0.1) is 0 Å². The third kappa shape index (κ3) is 2.44. The molecule has 0 radical (unpaired) electrons. The van der Waals surface area contributed by atoms with Crippen molar-refractivity contribution in [2.75, 3.05) is 31.1 Å². The molecule has 0 aromatic heterocycles. The van der Waals surface area contributed by atoms with Crippen molar-refractivity contribution in [1.82, 2.24) is 14.9 Å². The van der Waals surface area contributed by atoms with Crippen LogP contribution in [0.3, 0.4) is 0 Å². The van der Waals surface area contributed by atoms with Crippen molar-refractivity contribution in [3.05, 3.63) is 30.3 Å². The van der Waals surface area contributed by atoms with Crippen LogP contribution < -0.4 is 4.90 Å². The smallest absolute Gasteiger partial charge is 0.256 e. The van der Waals surface area contributed by atoms with Crippen LogP contribution in [0.25, 0.3) is 11.4 Å². The van der Waals surface area contributed by atoms with E-state index in [9.17, 15) is 5.11 Å². The van der Waals surface area contributed by atoms with Crippen LogP contribution in [0.2, 0.25) is 0 Å². The quantitative estimate of drug-likeness (QED) is 0.796. The van der Waals surface area contributed by atoms with Gasteiger partial charge in [0, 0.05) is 26.2 Å². The van der Waals surface area contributed by atoms with E-state index < -0.39 is 0 Å². The van der Waals surface area contributed by atoms with Crippen LogP contribution in [0.15, 0.2) is 30.3 Å². The van der Waals surface area contributed by atoms with Gasteiger partial charge in [0.1, 0.15) is 0 Å². The molecule has 1 saturated heterocycles. The van der Waals surface area contributed by atoms with Crippen LogP contribution in [-0.4, -0.2) is 51.3 Å². The van der Waals surface area contributed by atoms with E-state index in [0.717, 1.165) is 30.4 Å². The predicted molar refractivity (Wildman–Crippen MR) is 77.7 cm³/mol. The van der Waals surface area contributed by atoms with Gasteiger partial charge in [0.25, 0.3) is 5.17 Å². The Balaban J connectivity index is 1.79. The highest BCUT2D eigenvalue weighted by Crippen LogP contribution is 2.22. The molecule has 3 aliphatic rings. The topological polar surface area (TPSA) is 52.5 Å². The molecule has 1 fully saturated rings. The van der Waals surface area contributed by atoms with Gasteiger partial charge in [-0.2, -0.15) is 0 Å². The maximum absolute atomic E-state index is 9.28. The summed E-state index contributed by atoms with van der Waals surface area (Å²) in [7, 11) is 0. The summed E-state index contributed by atoms with van der Waals surface area (Å²) in [5.41, 5.74) is 1.81. The molecule has 6 heteroatoms. The second kappa shape index (κ2) is 4.97. The number of fused-ring (bicyclic) bond motifs is 1. The number of thiocarbonyl (C=S) groups is 1. The van der Waals surface area contributed by atoms with Gasteiger partial charge in [-0.25, -0.2) is 9.97 Å². The zero-order valence-corrected chi connectivity index (χ0v) is 11.2. The molecule has 2 heterocycles. The van der Waals surface area contributed by atoms with Gasteiger partial charge in [0.05, 0.1) is 11.4 Å². The Hall–Kier alpha value is -1.95. The van der Waals surface area contributed by atoms with E-state index >= 15 is 0 Å². The van der Waals surface area contributed by atoms with Gasteiger partial charge in [0.2, 0.25) is 5.95 Å². The lowest BCUT2D eigenvalue weighted by Gasteiger charge is -2.33. The molecule has 5 nitrogen and oxygen atoms in total. The molecule has 1 N–H and O–H groups in total. The van der Waals surface area contributed by atoms with Crippen molar-refractivity contribution >= 4 is 23.3 Å². The van der Waals surface area contributed by atoms with Crippen molar-refractivity contribution < 1.29 is 5.11 Å². The zero-order valence-electron chi connectivity index (χ0n) is 10.4. The maximum Gasteiger partial charge on any atom is 0.256 e. The van der Waals surface area contributed by atoms with E-state index in [1.54, 1.807) is 4.90 Å². The molecule has 0 spiro atoms. The number of hydrogen-bond acceptors (Lipinski definition) is 4. The number of rotatable bonds is 1. The van der Waals surface area contributed by atoms with Crippen LogP contribution in [0.1, 0.15) is 0 Å².